The van der Waals surface area contributed by atoms with Gasteiger partial charge in [0.25, 0.3) is 0 Å². The molecule has 10 heteroatoms. The Labute approximate surface area is 139 Å². The number of rotatable bonds is 4. The second kappa shape index (κ2) is 6.02. The molecule has 0 unspecified atom stereocenters. The molecule has 0 saturated heterocycles. The van der Waals surface area contributed by atoms with Crippen molar-refractivity contribution in [2.75, 3.05) is 13.2 Å². The van der Waals surface area contributed by atoms with Crippen molar-refractivity contribution in [2.24, 2.45) is 0 Å². The molecule has 0 radical (unpaired) electrons. The highest BCUT2D eigenvalue weighted by Crippen LogP contribution is 2.28. The molecular weight excluding hydrogens is 334 g/mol. The van der Waals surface area contributed by atoms with Crippen molar-refractivity contribution in [1.82, 2.24) is 24.1 Å². The number of ether oxygens (including phenoxy) is 1. The summed E-state index contributed by atoms with van der Waals surface area (Å²) in [6.45, 7) is 6.14. The highest BCUT2D eigenvalue weighted by Gasteiger charge is 2.34. The number of aromatic nitrogens is 4. The first kappa shape index (κ1) is 16.7. The zero-order chi connectivity index (χ0) is 17.5. The Hall–Kier alpha value is -2.20. The van der Waals surface area contributed by atoms with Crippen LogP contribution in [0.1, 0.15) is 34.5 Å². The van der Waals surface area contributed by atoms with Crippen LogP contribution in [-0.2, 0) is 27.8 Å². The average Bonchev–Trinajstić information content (AvgIpc) is 3.11. The van der Waals surface area contributed by atoms with Crippen molar-refractivity contribution in [3.63, 3.8) is 0 Å². The number of aromatic amines is 1. The molecule has 1 aliphatic rings. The molecule has 0 aliphatic carbocycles. The van der Waals surface area contributed by atoms with Gasteiger partial charge in [-0.1, -0.05) is 0 Å². The number of hydrogen-bond donors (Lipinski definition) is 1. The maximum Gasteiger partial charge on any atom is 0.355 e. The predicted molar refractivity (Wildman–Crippen MR) is 83.8 cm³/mol. The molecular formula is C14H19N5O4S. The standard InChI is InChI=1S/C14H19N5O4S/c1-4-23-14(20)12-9(2)13(10(3)16-12)24(21,22)19-6-5-18-8-15-17-11(18)7-19/h8,16H,4-7H2,1-3H3. The van der Waals surface area contributed by atoms with Crippen LogP contribution in [0.4, 0.5) is 0 Å². The van der Waals surface area contributed by atoms with Crippen LogP contribution in [0.5, 0.6) is 0 Å². The second-order valence-corrected chi connectivity index (χ2v) is 7.45. The fourth-order valence-corrected chi connectivity index (χ4v) is 4.70. The van der Waals surface area contributed by atoms with Gasteiger partial charge in [0.05, 0.1) is 13.2 Å². The molecule has 1 aliphatic heterocycles. The van der Waals surface area contributed by atoms with Crippen LogP contribution < -0.4 is 0 Å². The van der Waals surface area contributed by atoms with E-state index >= 15 is 0 Å². The van der Waals surface area contributed by atoms with Gasteiger partial charge >= 0.3 is 5.97 Å². The lowest BCUT2D eigenvalue weighted by molar-refractivity contribution is 0.0519. The maximum absolute atomic E-state index is 13.1. The van der Waals surface area contributed by atoms with Gasteiger partial charge in [0.15, 0.2) is 0 Å². The predicted octanol–water partition coefficient (Wildman–Crippen LogP) is 0.604. The molecule has 0 fully saturated rings. The van der Waals surface area contributed by atoms with E-state index in [1.807, 2.05) is 4.57 Å². The van der Waals surface area contributed by atoms with Crippen LogP contribution in [0.15, 0.2) is 11.2 Å². The lowest BCUT2D eigenvalue weighted by atomic mass is 10.2. The van der Waals surface area contributed by atoms with Crippen LogP contribution in [-0.4, -0.2) is 51.6 Å². The van der Waals surface area contributed by atoms with Gasteiger partial charge in [-0.3, -0.25) is 0 Å². The number of nitrogens with zero attached hydrogens (tertiary/aromatic N) is 4. The first-order chi connectivity index (χ1) is 11.4. The van der Waals surface area contributed by atoms with Gasteiger partial charge in [-0.15, -0.1) is 10.2 Å². The highest BCUT2D eigenvalue weighted by atomic mass is 32.2. The number of carbonyl (C=O) groups excluding carboxylic acids is 1. The largest absolute Gasteiger partial charge is 0.461 e. The Morgan fingerprint density at radius 2 is 2.12 bits per heavy atom. The van der Waals surface area contributed by atoms with Crippen molar-refractivity contribution in [1.29, 1.82) is 0 Å². The van der Waals surface area contributed by atoms with Crippen molar-refractivity contribution in [3.8, 4) is 0 Å². The van der Waals surface area contributed by atoms with E-state index in [0.717, 1.165) is 0 Å². The third kappa shape index (κ3) is 2.61. The molecule has 0 amide bonds. The Kier molecular flexibility index (Phi) is 4.18. The van der Waals surface area contributed by atoms with Gasteiger partial charge in [-0.2, -0.15) is 4.31 Å². The SMILES string of the molecule is CCOC(=O)c1[nH]c(C)c(S(=O)(=O)N2CCn3cnnc3C2)c1C. The minimum atomic E-state index is -3.76. The molecule has 9 nitrogen and oxygen atoms in total. The van der Waals surface area contributed by atoms with E-state index in [1.54, 1.807) is 27.1 Å². The lowest BCUT2D eigenvalue weighted by Crippen LogP contribution is -2.38. The van der Waals surface area contributed by atoms with Crippen LogP contribution in [0.2, 0.25) is 0 Å². The highest BCUT2D eigenvalue weighted by molar-refractivity contribution is 7.89. The summed E-state index contributed by atoms with van der Waals surface area (Å²) in [6, 6.07) is 0. The third-order valence-electron chi connectivity index (χ3n) is 4.05. The number of hydrogen-bond acceptors (Lipinski definition) is 6. The summed E-state index contributed by atoms with van der Waals surface area (Å²) in [5, 5.41) is 7.74. The van der Waals surface area contributed by atoms with Gasteiger partial charge in [-0.05, 0) is 20.8 Å². The third-order valence-corrected chi connectivity index (χ3v) is 6.17. The Morgan fingerprint density at radius 1 is 1.38 bits per heavy atom. The first-order valence-electron chi connectivity index (χ1n) is 7.59. The number of esters is 1. The molecule has 0 aromatic carbocycles. The minimum absolute atomic E-state index is 0.124. The molecule has 24 heavy (non-hydrogen) atoms. The molecule has 3 rings (SSSR count). The molecule has 0 spiro atoms. The summed E-state index contributed by atoms with van der Waals surface area (Å²) in [5.74, 6) is 0.0409. The summed E-state index contributed by atoms with van der Waals surface area (Å²) in [5.41, 5.74) is 0.966. The zero-order valence-corrected chi connectivity index (χ0v) is 14.6. The van der Waals surface area contributed by atoms with Crippen molar-refractivity contribution in [2.45, 2.75) is 38.8 Å². The van der Waals surface area contributed by atoms with Crippen molar-refractivity contribution < 1.29 is 17.9 Å². The van der Waals surface area contributed by atoms with Crippen LogP contribution in [0.25, 0.3) is 0 Å². The summed E-state index contributed by atoms with van der Waals surface area (Å²) in [4.78, 5) is 14.9. The second-order valence-electron chi connectivity index (χ2n) is 5.58. The Morgan fingerprint density at radius 3 is 2.83 bits per heavy atom. The quantitative estimate of drug-likeness (QED) is 0.806. The molecule has 0 atom stereocenters. The molecule has 2 aromatic rings. The fraction of sp³-hybridized carbons (Fsp3) is 0.500. The number of fused-ring (bicyclic) bond motifs is 1. The average molecular weight is 353 g/mol. The summed E-state index contributed by atoms with van der Waals surface area (Å²) in [7, 11) is -3.76. The summed E-state index contributed by atoms with van der Waals surface area (Å²) >= 11 is 0. The van der Waals surface area contributed by atoms with Crippen LogP contribution >= 0.6 is 0 Å². The van der Waals surface area contributed by atoms with E-state index in [0.29, 0.717) is 30.2 Å². The number of carbonyl (C=O) groups is 1. The minimum Gasteiger partial charge on any atom is -0.461 e. The van der Waals surface area contributed by atoms with E-state index < -0.39 is 16.0 Å². The number of H-pyrrole nitrogens is 1. The van der Waals surface area contributed by atoms with Gasteiger partial charge in [0.1, 0.15) is 22.7 Å². The number of aryl methyl sites for hydroxylation is 1. The molecule has 2 aromatic heterocycles. The molecule has 1 N–H and O–H groups in total. The van der Waals surface area contributed by atoms with Gasteiger partial charge in [-0.25, -0.2) is 13.2 Å². The van der Waals surface area contributed by atoms with Crippen LogP contribution in [0, 0.1) is 13.8 Å². The lowest BCUT2D eigenvalue weighted by Gasteiger charge is -2.26. The number of nitrogens with one attached hydrogen (secondary N) is 1. The summed E-state index contributed by atoms with van der Waals surface area (Å²) < 4.78 is 34.3. The van der Waals surface area contributed by atoms with E-state index in [2.05, 4.69) is 15.2 Å². The first-order valence-corrected chi connectivity index (χ1v) is 9.03. The van der Waals surface area contributed by atoms with E-state index in [1.165, 1.54) is 4.31 Å². The van der Waals surface area contributed by atoms with Crippen molar-refractivity contribution >= 4 is 16.0 Å². The monoisotopic (exact) mass is 353 g/mol. The number of sulfonamides is 1. The normalized spacial score (nSPS) is 15.3. The molecule has 0 bridgehead atoms. The van der Waals surface area contributed by atoms with E-state index in [9.17, 15) is 13.2 Å². The Bertz CT molecular complexity index is 883. The fourth-order valence-electron chi connectivity index (χ4n) is 2.91. The van der Waals surface area contributed by atoms with Gasteiger partial charge in [0, 0.05) is 24.3 Å². The molecule has 0 saturated carbocycles. The molecule has 130 valence electrons. The Balaban J connectivity index is 1.98. The molecule has 3 heterocycles. The van der Waals surface area contributed by atoms with Gasteiger partial charge < -0.3 is 14.3 Å². The maximum atomic E-state index is 13.1. The topological polar surface area (TPSA) is 110 Å². The smallest absolute Gasteiger partial charge is 0.355 e. The van der Waals surface area contributed by atoms with E-state index in [-0.39, 0.29) is 23.7 Å². The van der Waals surface area contributed by atoms with Crippen molar-refractivity contribution in [3.05, 3.63) is 29.1 Å². The van der Waals surface area contributed by atoms with Crippen LogP contribution in [0.3, 0.4) is 0 Å². The van der Waals surface area contributed by atoms with Gasteiger partial charge in [0.2, 0.25) is 10.0 Å². The van der Waals surface area contributed by atoms with E-state index in [4.69, 9.17) is 4.74 Å². The zero-order valence-electron chi connectivity index (χ0n) is 13.7. The summed E-state index contributed by atoms with van der Waals surface area (Å²) in [6.07, 6.45) is 1.59.